The van der Waals surface area contributed by atoms with Gasteiger partial charge in [0.15, 0.2) is 6.04 Å². The molecule has 14 heavy (non-hydrogen) atoms. The molecule has 1 aliphatic rings. The van der Waals surface area contributed by atoms with Crippen molar-refractivity contribution in [3.8, 4) is 0 Å². The lowest BCUT2D eigenvalue weighted by molar-refractivity contribution is -0.152. The summed E-state index contributed by atoms with van der Waals surface area (Å²) < 4.78 is 0. The summed E-state index contributed by atoms with van der Waals surface area (Å²) in [6.07, 6.45) is -0.962. The van der Waals surface area contributed by atoms with Crippen LogP contribution < -0.4 is 0 Å². The molecule has 80 valence electrons. The van der Waals surface area contributed by atoms with Gasteiger partial charge in [0, 0.05) is 13.0 Å². The van der Waals surface area contributed by atoms with E-state index in [1.54, 1.807) is 0 Å². The molecule has 1 unspecified atom stereocenters. The number of carboxylic acids is 1. The minimum Gasteiger partial charge on any atom is -0.480 e. The second-order valence-corrected chi connectivity index (χ2v) is 3.99. The van der Waals surface area contributed by atoms with Gasteiger partial charge in [-0.05, 0) is 6.92 Å². The molecule has 0 radical (unpaired) electrons. The second-order valence-electron chi connectivity index (χ2n) is 3.37. The van der Waals surface area contributed by atoms with E-state index in [2.05, 4.69) is 0 Å². The molecule has 0 aromatic carbocycles. The molecule has 2 N–H and O–H groups in total. The molecule has 0 aliphatic carbocycles. The van der Waals surface area contributed by atoms with Crippen molar-refractivity contribution < 1.29 is 19.8 Å². The molecule has 6 heteroatoms. The lowest BCUT2D eigenvalue weighted by Crippen LogP contribution is -2.48. The van der Waals surface area contributed by atoms with E-state index in [-0.39, 0.29) is 24.2 Å². The van der Waals surface area contributed by atoms with Gasteiger partial charge in [-0.15, -0.1) is 11.6 Å². The third-order valence-corrected chi connectivity index (χ3v) is 2.45. The van der Waals surface area contributed by atoms with E-state index in [0.29, 0.717) is 0 Å². The molecule has 1 heterocycles. The van der Waals surface area contributed by atoms with E-state index in [4.69, 9.17) is 16.7 Å². The summed E-state index contributed by atoms with van der Waals surface area (Å²) in [6, 6.07) is -1.19. The highest BCUT2D eigenvalue weighted by Gasteiger charge is 2.39. The molecular weight excluding hydrogens is 210 g/mol. The Morgan fingerprint density at radius 2 is 2.29 bits per heavy atom. The number of carbonyl (C=O) groups excluding carboxylic acids is 1. The number of hydrogen-bond acceptors (Lipinski definition) is 3. The summed E-state index contributed by atoms with van der Waals surface area (Å²) >= 11 is 5.72. The first kappa shape index (κ1) is 11.3. The number of nitrogens with zero attached hydrogens (tertiary/aromatic N) is 1. The van der Waals surface area contributed by atoms with Crippen LogP contribution in [-0.2, 0) is 9.59 Å². The zero-order valence-electron chi connectivity index (χ0n) is 7.68. The highest BCUT2D eigenvalue weighted by molar-refractivity contribution is 6.22. The van der Waals surface area contributed by atoms with Crippen LogP contribution in [0.5, 0.6) is 0 Å². The van der Waals surface area contributed by atoms with E-state index >= 15 is 0 Å². The molecular formula is C8H12ClNO4. The molecule has 1 saturated heterocycles. The molecule has 0 saturated carbocycles. The van der Waals surface area contributed by atoms with Crippen LogP contribution in [0.3, 0.4) is 0 Å². The van der Waals surface area contributed by atoms with Gasteiger partial charge in [0.25, 0.3) is 0 Å². The van der Waals surface area contributed by atoms with Crippen LogP contribution in [0.4, 0.5) is 0 Å². The number of likely N-dealkylation sites (tertiary alicyclic amines) is 1. The summed E-state index contributed by atoms with van der Waals surface area (Å²) in [6.45, 7) is 1.52. The average Bonchev–Trinajstić information content (AvgIpc) is 2.29. The lowest BCUT2D eigenvalue weighted by Gasteiger charge is -2.26. The topological polar surface area (TPSA) is 77.8 Å². The van der Waals surface area contributed by atoms with Crippen LogP contribution in [0, 0.1) is 0 Å². The van der Waals surface area contributed by atoms with E-state index in [1.165, 1.54) is 6.92 Å². The number of hydrogen-bond donors (Lipinski definition) is 2. The first-order chi connectivity index (χ1) is 6.43. The fourth-order valence-electron chi connectivity index (χ4n) is 1.56. The van der Waals surface area contributed by atoms with Crippen molar-refractivity contribution >= 4 is 23.5 Å². The van der Waals surface area contributed by atoms with Crippen molar-refractivity contribution in [3.05, 3.63) is 0 Å². The highest BCUT2D eigenvalue weighted by Crippen LogP contribution is 2.20. The number of halogens is 1. The zero-order valence-corrected chi connectivity index (χ0v) is 8.44. The number of aliphatic carboxylic acids is 1. The lowest BCUT2D eigenvalue weighted by atomic mass is 10.1. The predicted octanol–water partition coefficient (Wildman–Crippen LogP) is -0.340. The Morgan fingerprint density at radius 1 is 1.71 bits per heavy atom. The number of amides is 1. The molecule has 0 aromatic heterocycles. The Morgan fingerprint density at radius 3 is 2.57 bits per heavy atom. The molecule has 3 atom stereocenters. The fraction of sp³-hybridized carbons (Fsp3) is 0.750. The Balaban J connectivity index is 2.79. The maximum absolute atomic E-state index is 11.3. The second kappa shape index (κ2) is 4.14. The van der Waals surface area contributed by atoms with Crippen molar-refractivity contribution in [2.75, 3.05) is 6.54 Å². The molecule has 1 aliphatic heterocycles. The molecule has 0 bridgehead atoms. The van der Waals surface area contributed by atoms with E-state index in [9.17, 15) is 14.7 Å². The number of aliphatic hydroxyl groups excluding tert-OH is 1. The molecule has 1 amide bonds. The normalized spacial score (nSPS) is 26.4. The van der Waals surface area contributed by atoms with Crippen molar-refractivity contribution in [2.24, 2.45) is 0 Å². The van der Waals surface area contributed by atoms with Gasteiger partial charge in [0.2, 0.25) is 5.91 Å². The molecule has 1 fully saturated rings. The molecule has 0 aromatic rings. The molecule has 1 rings (SSSR count). The first-order valence-corrected chi connectivity index (χ1v) is 4.71. The number of aliphatic hydroxyl groups is 1. The summed E-state index contributed by atoms with van der Waals surface area (Å²) in [5.41, 5.74) is 0. The van der Waals surface area contributed by atoms with Gasteiger partial charge in [0.05, 0.1) is 11.5 Å². The van der Waals surface area contributed by atoms with Crippen molar-refractivity contribution in [2.45, 2.75) is 30.9 Å². The van der Waals surface area contributed by atoms with Gasteiger partial charge in [-0.25, -0.2) is 4.79 Å². The SMILES string of the molecule is C[C@H](O)[C@@H](C(=O)O)N1CC(Cl)CC1=O. The van der Waals surface area contributed by atoms with Gasteiger partial charge in [0.1, 0.15) is 0 Å². The number of carbonyl (C=O) groups is 2. The van der Waals surface area contributed by atoms with Crippen molar-refractivity contribution in [1.29, 1.82) is 0 Å². The Bertz CT molecular complexity index is 256. The third kappa shape index (κ3) is 2.16. The minimum atomic E-state index is -1.21. The Kier molecular flexibility index (Phi) is 3.34. The van der Waals surface area contributed by atoms with E-state index < -0.39 is 18.1 Å². The van der Waals surface area contributed by atoms with Crippen LogP contribution in [0.2, 0.25) is 0 Å². The van der Waals surface area contributed by atoms with Crippen LogP contribution in [0.1, 0.15) is 13.3 Å². The Hall–Kier alpha value is -0.810. The molecule has 5 nitrogen and oxygen atoms in total. The van der Waals surface area contributed by atoms with Crippen molar-refractivity contribution in [3.63, 3.8) is 0 Å². The summed E-state index contributed by atoms with van der Waals surface area (Å²) in [7, 11) is 0. The largest absolute Gasteiger partial charge is 0.480 e. The van der Waals surface area contributed by atoms with Crippen LogP contribution >= 0.6 is 11.6 Å². The molecule has 0 spiro atoms. The number of rotatable bonds is 3. The first-order valence-electron chi connectivity index (χ1n) is 4.28. The average molecular weight is 222 g/mol. The Labute approximate surface area is 86.3 Å². The monoisotopic (exact) mass is 221 g/mol. The van der Waals surface area contributed by atoms with E-state index in [1.807, 2.05) is 0 Å². The highest BCUT2D eigenvalue weighted by atomic mass is 35.5. The van der Waals surface area contributed by atoms with Gasteiger partial charge >= 0.3 is 5.97 Å². The van der Waals surface area contributed by atoms with Gasteiger partial charge in [-0.2, -0.15) is 0 Å². The van der Waals surface area contributed by atoms with E-state index in [0.717, 1.165) is 4.90 Å². The fourth-order valence-corrected chi connectivity index (χ4v) is 1.84. The van der Waals surface area contributed by atoms with Gasteiger partial charge in [-0.1, -0.05) is 0 Å². The standard InChI is InChI=1S/C8H12ClNO4/c1-4(11)7(8(13)14)10-3-5(9)2-6(10)12/h4-5,7,11H,2-3H2,1H3,(H,13,14)/t4-,5?,7-/m0/s1. The zero-order chi connectivity index (χ0) is 10.9. The summed E-state index contributed by atoms with van der Waals surface area (Å²) in [5.74, 6) is -1.53. The van der Waals surface area contributed by atoms with Crippen LogP contribution in [0.25, 0.3) is 0 Å². The smallest absolute Gasteiger partial charge is 0.329 e. The summed E-state index contributed by atoms with van der Waals surface area (Å²) in [5, 5.41) is 17.7. The van der Waals surface area contributed by atoms with Crippen LogP contribution in [-0.4, -0.2) is 51.1 Å². The predicted molar refractivity (Wildman–Crippen MR) is 49.1 cm³/mol. The van der Waals surface area contributed by atoms with Gasteiger partial charge in [-0.3, -0.25) is 4.79 Å². The quantitative estimate of drug-likeness (QED) is 0.640. The number of alkyl halides is 1. The number of carboxylic acid groups (broad SMARTS) is 1. The van der Waals surface area contributed by atoms with Crippen molar-refractivity contribution in [1.82, 2.24) is 4.90 Å². The third-order valence-electron chi connectivity index (χ3n) is 2.16. The maximum atomic E-state index is 11.3. The van der Waals surface area contributed by atoms with Crippen LogP contribution in [0.15, 0.2) is 0 Å². The van der Waals surface area contributed by atoms with Gasteiger partial charge < -0.3 is 15.1 Å². The minimum absolute atomic E-state index is 0.137. The maximum Gasteiger partial charge on any atom is 0.329 e. The summed E-state index contributed by atoms with van der Waals surface area (Å²) in [4.78, 5) is 23.2.